The molecule has 0 fully saturated rings. The van der Waals surface area contributed by atoms with Crippen LogP contribution in [-0.2, 0) is 0 Å². The van der Waals surface area contributed by atoms with Gasteiger partial charge in [0.25, 0.3) is 5.88 Å². The summed E-state index contributed by atoms with van der Waals surface area (Å²) in [5.41, 5.74) is -0.264. The van der Waals surface area contributed by atoms with Gasteiger partial charge in [-0.3, -0.25) is 10.1 Å². The Hall–Kier alpha value is -1.37. The minimum Gasteiger partial charge on any atom is -0.432 e. The number of nitro groups is 1. The lowest BCUT2D eigenvalue weighted by Crippen LogP contribution is -1.96. The summed E-state index contributed by atoms with van der Waals surface area (Å²) in [4.78, 5) is 14.2. The standard InChI is InChI=1S/C11H5BrCl2N2O3/c12-6-3-9(16(17)18)11(15-5-6)19-10-2-1-7(13)4-8(10)14/h1-5H. The molecule has 2 rings (SSSR count). The van der Waals surface area contributed by atoms with Gasteiger partial charge in [0.2, 0.25) is 0 Å². The Kier molecular flexibility index (Phi) is 4.24. The molecule has 19 heavy (non-hydrogen) atoms. The highest BCUT2D eigenvalue weighted by Crippen LogP contribution is 2.35. The van der Waals surface area contributed by atoms with Crippen LogP contribution < -0.4 is 4.74 Å². The Balaban J connectivity index is 2.40. The van der Waals surface area contributed by atoms with Gasteiger partial charge in [0.15, 0.2) is 0 Å². The van der Waals surface area contributed by atoms with E-state index in [-0.39, 0.29) is 22.3 Å². The molecule has 0 aliphatic rings. The average molecular weight is 364 g/mol. The third kappa shape index (κ3) is 3.34. The average Bonchev–Trinajstić information content (AvgIpc) is 2.34. The second-order valence-electron chi connectivity index (χ2n) is 3.41. The molecule has 0 unspecified atom stereocenters. The highest BCUT2D eigenvalue weighted by molar-refractivity contribution is 9.10. The van der Waals surface area contributed by atoms with Crippen molar-refractivity contribution in [3.8, 4) is 11.6 Å². The largest absolute Gasteiger partial charge is 0.432 e. The Morgan fingerprint density at radius 1 is 1.32 bits per heavy atom. The first-order valence-corrected chi connectivity index (χ1v) is 6.45. The van der Waals surface area contributed by atoms with E-state index >= 15 is 0 Å². The number of ether oxygens (including phenoxy) is 1. The summed E-state index contributed by atoms with van der Waals surface area (Å²) < 4.78 is 5.83. The van der Waals surface area contributed by atoms with E-state index in [1.165, 1.54) is 24.4 Å². The molecule has 1 heterocycles. The van der Waals surface area contributed by atoms with Crippen LogP contribution in [0.2, 0.25) is 10.0 Å². The summed E-state index contributed by atoms with van der Waals surface area (Å²) >= 11 is 14.8. The SMILES string of the molecule is O=[N+]([O-])c1cc(Br)cnc1Oc1ccc(Cl)cc1Cl. The molecule has 0 radical (unpaired) electrons. The highest BCUT2D eigenvalue weighted by atomic mass is 79.9. The zero-order valence-electron chi connectivity index (χ0n) is 9.14. The van der Waals surface area contributed by atoms with Crippen LogP contribution in [0.15, 0.2) is 34.9 Å². The van der Waals surface area contributed by atoms with Crippen molar-refractivity contribution < 1.29 is 9.66 Å². The van der Waals surface area contributed by atoms with E-state index in [1.54, 1.807) is 6.07 Å². The molecule has 0 spiro atoms. The Morgan fingerprint density at radius 2 is 2.05 bits per heavy atom. The molecule has 1 aromatic carbocycles. The number of halogens is 3. The lowest BCUT2D eigenvalue weighted by Gasteiger charge is -2.07. The predicted octanol–water partition coefficient (Wildman–Crippen LogP) is 4.85. The van der Waals surface area contributed by atoms with E-state index in [0.29, 0.717) is 9.50 Å². The van der Waals surface area contributed by atoms with E-state index in [9.17, 15) is 10.1 Å². The number of hydrogen-bond donors (Lipinski definition) is 0. The van der Waals surface area contributed by atoms with E-state index < -0.39 is 4.92 Å². The molecule has 98 valence electrons. The van der Waals surface area contributed by atoms with Crippen LogP contribution in [0.4, 0.5) is 5.69 Å². The Bertz CT molecular complexity index is 652. The van der Waals surface area contributed by atoms with Gasteiger partial charge in [0, 0.05) is 21.8 Å². The molecular formula is C11H5BrCl2N2O3. The van der Waals surface area contributed by atoms with E-state index in [0.717, 1.165) is 0 Å². The van der Waals surface area contributed by atoms with Gasteiger partial charge in [-0.15, -0.1) is 0 Å². The van der Waals surface area contributed by atoms with Gasteiger partial charge < -0.3 is 4.74 Å². The van der Waals surface area contributed by atoms with Crippen LogP contribution in [0, 0.1) is 10.1 Å². The van der Waals surface area contributed by atoms with Crippen LogP contribution in [0.1, 0.15) is 0 Å². The summed E-state index contributed by atoms with van der Waals surface area (Å²) in [6, 6.07) is 5.85. The molecule has 0 aliphatic carbocycles. The number of pyridine rings is 1. The smallest absolute Gasteiger partial charge is 0.332 e. The van der Waals surface area contributed by atoms with Crippen molar-refractivity contribution in [1.82, 2.24) is 4.98 Å². The fourth-order valence-electron chi connectivity index (χ4n) is 1.29. The predicted molar refractivity (Wildman–Crippen MR) is 75.1 cm³/mol. The first-order chi connectivity index (χ1) is 8.97. The highest BCUT2D eigenvalue weighted by Gasteiger charge is 2.19. The molecule has 0 bridgehead atoms. The number of nitrogens with zero attached hydrogens (tertiary/aromatic N) is 2. The van der Waals surface area contributed by atoms with Crippen molar-refractivity contribution >= 4 is 44.8 Å². The lowest BCUT2D eigenvalue weighted by atomic mass is 10.3. The third-order valence-corrected chi connectivity index (χ3v) is 3.06. The monoisotopic (exact) mass is 362 g/mol. The Labute approximate surface area is 126 Å². The van der Waals surface area contributed by atoms with Gasteiger partial charge in [-0.1, -0.05) is 23.2 Å². The van der Waals surface area contributed by atoms with Crippen molar-refractivity contribution in [2.75, 3.05) is 0 Å². The fourth-order valence-corrected chi connectivity index (χ4v) is 2.05. The zero-order chi connectivity index (χ0) is 14.0. The molecule has 0 amide bonds. The second-order valence-corrected chi connectivity index (χ2v) is 5.17. The molecule has 0 saturated carbocycles. The lowest BCUT2D eigenvalue weighted by molar-refractivity contribution is -0.386. The number of hydrogen-bond acceptors (Lipinski definition) is 4. The van der Waals surface area contributed by atoms with E-state index in [4.69, 9.17) is 27.9 Å². The maximum absolute atomic E-state index is 10.9. The molecule has 1 aromatic heterocycles. The first kappa shape index (κ1) is 14.0. The topological polar surface area (TPSA) is 65.3 Å². The molecule has 8 heteroatoms. The molecule has 0 N–H and O–H groups in total. The van der Waals surface area contributed by atoms with Crippen LogP contribution >= 0.6 is 39.1 Å². The van der Waals surface area contributed by atoms with E-state index in [2.05, 4.69) is 20.9 Å². The van der Waals surface area contributed by atoms with Gasteiger partial charge in [0.05, 0.1) is 9.95 Å². The maximum Gasteiger partial charge on any atom is 0.332 e. The number of rotatable bonds is 3. The minimum atomic E-state index is -0.586. The normalized spacial score (nSPS) is 10.3. The van der Waals surface area contributed by atoms with Crippen molar-refractivity contribution in [3.05, 3.63) is 55.1 Å². The van der Waals surface area contributed by atoms with Gasteiger partial charge in [0.1, 0.15) is 5.75 Å². The van der Waals surface area contributed by atoms with Crippen molar-refractivity contribution in [3.63, 3.8) is 0 Å². The van der Waals surface area contributed by atoms with Gasteiger partial charge in [-0.25, -0.2) is 4.98 Å². The third-order valence-electron chi connectivity index (χ3n) is 2.10. The second kappa shape index (κ2) is 5.73. The molecule has 5 nitrogen and oxygen atoms in total. The molecule has 0 aliphatic heterocycles. The molecule has 0 saturated heterocycles. The van der Waals surface area contributed by atoms with E-state index in [1.807, 2.05) is 0 Å². The summed E-state index contributed by atoms with van der Waals surface area (Å²) in [6.07, 6.45) is 1.39. The van der Waals surface area contributed by atoms with Crippen LogP contribution in [0.5, 0.6) is 11.6 Å². The number of benzene rings is 1. The summed E-state index contributed by atoms with van der Waals surface area (Å²) in [6.45, 7) is 0. The van der Waals surface area contributed by atoms with Crippen molar-refractivity contribution in [2.45, 2.75) is 0 Å². The van der Waals surface area contributed by atoms with Gasteiger partial charge >= 0.3 is 5.69 Å². The first-order valence-electron chi connectivity index (χ1n) is 4.90. The zero-order valence-corrected chi connectivity index (χ0v) is 12.2. The van der Waals surface area contributed by atoms with Crippen LogP contribution in [-0.4, -0.2) is 9.91 Å². The van der Waals surface area contributed by atoms with Crippen LogP contribution in [0.3, 0.4) is 0 Å². The van der Waals surface area contributed by atoms with Crippen molar-refractivity contribution in [2.24, 2.45) is 0 Å². The summed E-state index contributed by atoms with van der Waals surface area (Å²) in [5.74, 6) is 0.0985. The minimum absolute atomic E-state index is 0.141. The molecule has 2 aromatic rings. The van der Waals surface area contributed by atoms with Gasteiger partial charge in [-0.05, 0) is 34.1 Å². The fraction of sp³-hybridized carbons (Fsp3) is 0. The molecule has 0 atom stereocenters. The Morgan fingerprint density at radius 3 is 2.68 bits per heavy atom. The molecular weight excluding hydrogens is 359 g/mol. The van der Waals surface area contributed by atoms with Gasteiger partial charge in [-0.2, -0.15) is 0 Å². The maximum atomic E-state index is 10.9. The van der Waals surface area contributed by atoms with Crippen molar-refractivity contribution in [1.29, 1.82) is 0 Å². The van der Waals surface area contributed by atoms with Crippen LogP contribution in [0.25, 0.3) is 0 Å². The number of aromatic nitrogens is 1. The summed E-state index contributed by atoms with van der Waals surface area (Å²) in [7, 11) is 0. The summed E-state index contributed by atoms with van der Waals surface area (Å²) in [5, 5.41) is 11.6. The quantitative estimate of drug-likeness (QED) is 0.577.